The SMILES string of the molecule is C=C(COC(C)=O)C[C@H]1OC(=O)C[C@@H]1C=O. The molecule has 0 bridgehead atoms. The third kappa shape index (κ3) is 3.49. The molecule has 1 fully saturated rings. The van der Waals surface area contributed by atoms with E-state index < -0.39 is 18.0 Å². The van der Waals surface area contributed by atoms with E-state index in [4.69, 9.17) is 9.47 Å². The van der Waals surface area contributed by atoms with Gasteiger partial charge in [-0.25, -0.2) is 0 Å². The van der Waals surface area contributed by atoms with Crippen LogP contribution in [0.4, 0.5) is 0 Å². The maximum atomic E-state index is 11.0. The number of carbonyl (C=O) groups excluding carboxylic acids is 3. The summed E-state index contributed by atoms with van der Waals surface area (Å²) in [5.74, 6) is -1.18. The molecule has 0 N–H and O–H groups in total. The Bertz CT molecular complexity index is 320. The van der Waals surface area contributed by atoms with Crippen LogP contribution in [0.2, 0.25) is 0 Å². The molecule has 0 aromatic carbocycles. The van der Waals surface area contributed by atoms with Crippen molar-refractivity contribution in [2.45, 2.75) is 25.9 Å². The molecule has 1 heterocycles. The molecule has 16 heavy (non-hydrogen) atoms. The first-order valence-electron chi connectivity index (χ1n) is 4.97. The van der Waals surface area contributed by atoms with Crippen LogP contribution < -0.4 is 0 Å². The van der Waals surface area contributed by atoms with Crippen LogP contribution in [0.5, 0.6) is 0 Å². The highest BCUT2D eigenvalue weighted by Crippen LogP contribution is 2.25. The van der Waals surface area contributed by atoms with E-state index in [1.165, 1.54) is 6.92 Å². The second kappa shape index (κ2) is 5.44. The van der Waals surface area contributed by atoms with E-state index in [9.17, 15) is 14.4 Å². The highest BCUT2D eigenvalue weighted by Gasteiger charge is 2.34. The third-order valence-electron chi connectivity index (χ3n) is 2.31. The van der Waals surface area contributed by atoms with E-state index in [0.29, 0.717) is 18.3 Å². The van der Waals surface area contributed by atoms with Crippen molar-refractivity contribution in [2.75, 3.05) is 6.61 Å². The van der Waals surface area contributed by atoms with Crippen LogP contribution in [0.15, 0.2) is 12.2 Å². The van der Waals surface area contributed by atoms with Crippen LogP contribution in [0.25, 0.3) is 0 Å². The van der Waals surface area contributed by atoms with Gasteiger partial charge in [-0.05, 0) is 5.57 Å². The van der Waals surface area contributed by atoms with Gasteiger partial charge >= 0.3 is 11.9 Å². The molecule has 2 atom stereocenters. The summed E-state index contributed by atoms with van der Waals surface area (Å²) < 4.78 is 9.71. The van der Waals surface area contributed by atoms with Gasteiger partial charge in [-0.1, -0.05) is 6.58 Å². The van der Waals surface area contributed by atoms with E-state index in [2.05, 4.69) is 6.58 Å². The second-order valence-corrected chi connectivity index (χ2v) is 3.77. The largest absolute Gasteiger partial charge is 0.461 e. The molecule has 0 unspecified atom stereocenters. The lowest BCUT2D eigenvalue weighted by atomic mass is 9.98. The van der Waals surface area contributed by atoms with Crippen molar-refractivity contribution in [3.63, 3.8) is 0 Å². The van der Waals surface area contributed by atoms with E-state index >= 15 is 0 Å². The highest BCUT2D eigenvalue weighted by molar-refractivity contribution is 5.77. The standard InChI is InChI=1S/C11H14O5/c1-7(6-15-8(2)13)3-10-9(5-12)4-11(14)16-10/h5,9-10H,1,3-4,6H2,2H3/t9-,10-/m1/s1. The minimum atomic E-state index is -0.465. The van der Waals surface area contributed by atoms with Crippen molar-refractivity contribution in [2.24, 2.45) is 5.92 Å². The van der Waals surface area contributed by atoms with E-state index in [1.54, 1.807) is 0 Å². The van der Waals surface area contributed by atoms with Gasteiger partial charge in [-0.2, -0.15) is 0 Å². The van der Waals surface area contributed by atoms with Crippen LogP contribution in [-0.2, 0) is 23.9 Å². The van der Waals surface area contributed by atoms with E-state index in [0.717, 1.165) is 0 Å². The summed E-state index contributed by atoms with van der Waals surface area (Å²) >= 11 is 0. The van der Waals surface area contributed by atoms with Gasteiger partial charge in [0, 0.05) is 13.3 Å². The Labute approximate surface area is 93.4 Å². The zero-order valence-corrected chi connectivity index (χ0v) is 9.10. The summed E-state index contributed by atoms with van der Waals surface area (Å²) in [7, 11) is 0. The summed E-state index contributed by atoms with van der Waals surface area (Å²) in [5, 5.41) is 0. The van der Waals surface area contributed by atoms with Crippen molar-refractivity contribution < 1.29 is 23.9 Å². The molecule has 0 saturated carbocycles. The Morgan fingerprint density at radius 1 is 1.69 bits per heavy atom. The molecule has 5 nitrogen and oxygen atoms in total. The van der Waals surface area contributed by atoms with Crippen LogP contribution in [0, 0.1) is 5.92 Å². The smallest absolute Gasteiger partial charge is 0.306 e. The van der Waals surface area contributed by atoms with Crippen LogP contribution >= 0.6 is 0 Å². The van der Waals surface area contributed by atoms with Crippen LogP contribution in [0.1, 0.15) is 19.8 Å². The maximum absolute atomic E-state index is 11.0. The van der Waals surface area contributed by atoms with Gasteiger partial charge in [0.1, 0.15) is 19.0 Å². The molecule has 0 spiro atoms. The van der Waals surface area contributed by atoms with Crippen molar-refractivity contribution in [1.82, 2.24) is 0 Å². The van der Waals surface area contributed by atoms with E-state index in [1.807, 2.05) is 0 Å². The zero-order valence-electron chi connectivity index (χ0n) is 9.10. The molecular formula is C11H14O5. The Hall–Kier alpha value is -1.65. The summed E-state index contributed by atoms with van der Waals surface area (Å²) in [4.78, 5) is 32.2. The Kier molecular flexibility index (Phi) is 4.22. The average molecular weight is 226 g/mol. The number of cyclic esters (lactones) is 1. The number of carbonyl (C=O) groups is 3. The molecule has 1 aliphatic heterocycles. The molecule has 1 aliphatic rings. The predicted octanol–water partition coefficient (Wildman–Crippen LogP) is 0.626. The van der Waals surface area contributed by atoms with Crippen molar-refractivity contribution in [3.05, 3.63) is 12.2 Å². The first kappa shape index (κ1) is 12.4. The number of ether oxygens (including phenoxy) is 2. The van der Waals surface area contributed by atoms with Gasteiger partial charge in [0.2, 0.25) is 0 Å². The van der Waals surface area contributed by atoms with Crippen molar-refractivity contribution in [3.8, 4) is 0 Å². The third-order valence-corrected chi connectivity index (χ3v) is 2.31. The quantitative estimate of drug-likeness (QED) is 0.390. The van der Waals surface area contributed by atoms with Crippen molar-refractivity contribution >= 4 is 18.2 Å². The second-order valence-electron chi connectivity index (χ2n) is 3.77. The van der Waals surface area contributed by atoms with Gasteiger partial charge < -0.3 is 14.3 Å². The predicted molar refractivity (Wildman–Crippen MR) is 54.4 cm³/mol. The number of aldehydes is 1. The summed E-state index contributed by atoms with van der Waals surface area (Å²) in [6, 6.07) is 0. The molecule has 1 rings (SSSR count). The number of rotatable bonds is 5. The first-order chi connectivity index (χ1) is 7.52. The molecule has 0 aromatic heterocycles. The molecule has 0 aromatic rings. The lowest BCUT2D eigenvalue weighted by molar-refractivity contribution is -0.143. The lowest BCUT2D eigenvalue weighted by Gasteiger charge is -2.14. The van der Waals surface area contributed by atoms with Gasteiger partial charge in [-0.3, -0.25) is 9.59 Å². The fraction of sp³-hybridized carbons (Fsp3) is 0.545. The van der Waals surface area contributed by atoms with Crippen molar-refractivity contribution in [1.29, 1.82) is 0 Å². The Balaban J connectivity index is 2.41. The monoisotopic (exact) mass is 226 g/mol. The fourth-order valence-corrected chi connectivity index (χ4v) is 1.50. The fourth-order valence-electron chi connectivity index (χ4n) is 1.50. The number of hydrogen-bond donors (Lipinski definition) is 0. The Morgan fingerprint density at radius 2 is 2.38 bits per heavy atom. The summed E-state index contributed by atoms with van der Waals surface area (Å²) in [6.07, 6.45) is 0.722. The minimum Gasteiger partial charge on any atom is -0.461 e. The lowest BCUT2D eigenvalue weighted by Crippen LogP contribution is -2.19. The van der Waals surface area contributed by atoms with Gasteiger partial charge in [0.05, 0.1) is 12.3 Å². The molecule has 1 saturated heterocycles. The van der Waals surface area contributed by atoms with E-state index in [-0.39, 0.29) is 19.0 Å². The molecule has 0 aliphatic carbocycles. The summed E-state index contributed by atoms with van der Waals surface area (Å²) in [6.45, 7) is 5.09. The first-order valence-corrected chi connectivity index (χ1v) is 4.97. The topological polar surface area (TPSA) is 69.7 Å². The molecular weight excluding hydrogens is 212 g/mol. The Morgan fingerprint density at radius 3 is 2.94 bits per heavy atom. The minimum absolute atomic E-state index is 0.0922. The maximum Gasteiger partial charge on any atom is 0.306 e. The zero-order chi connectivity index (χ0) is 12.1. The number of esters is 2. The average Bonchev–Trinajstić information content (AvgIpc) is 2.55. The van der Waals surface area contributed by atoms with Crippen LogP contribution in [0.3, 0.4) is 0 Å². The van der Waals surface area contributed by atoms with Gasteiger partial charge in [-0.15, -0.1) is 0 Å². The van der Waals surface area contributed by atoms with Gasteiger partial charge in [0.25, 0.3) is 0 Å². The molecule has 0 radical (unpaired) electrons. The molecule has 5 heteroatoms. The normalized spacial score (nSPS) is 23.7. The molecule has 88 valence electrons. The molecule has 0 amide bonds. The van der Waals surface area contributed by atoms with Gasteiger partial charge in [0.15, 0.2) is 0 Å². The number of hydrogen-bond acceptors (Lipinski definition) is 5. The van der Waals surface area contributed by atoms with Crippen LogP contribution in [-0.4, -0.2) is 30.9 Å². The highest BCUT2D eigenvalue weighted by atomic mass is 16.6. The summed E-state index contributed by atoms with van der Waals surface area (Å²) in [5.41, 5.74) is 0.627.